The first kappa shape index (κ1) is 16.1. The summed E-state index contributed by atoms with van der Waals surface area (Å²) in [7, 11) is 0. The highest BCUT2D eigenvalue weighted by Gasteiger charge is 2.34. The number of hydrogen-bond donors (Lipinski definition) is 0. The van der Waals surface area contributed by atoms with Crippen molar-refractivity contribution < 1.29 is 13.9 Å². The second-order valence-corrected chi connectivity index (χ2v) is 6.41. The molecule has 0 saturated carbocycles. The van der Waals surface area contributed by atoms with Crippen LogP contribution in [0.5, 0.6) is 0 Å². The van der Waals surface area contributed by atoms with Gasteiger partial charge in [-0.15, -0.1) is 21.5 Å². The van der Waals surface area contributed by atoms with Crippen LogP contribution in [0.25, 0.3) is 0 Å². The lowest BCUT2D eigenvalue weighted by Gasteiger charge is -2.27. The van der Waals surface area contributed by atoms with E-state index >= 15 is 0 Å². The summed E-state index contributed by atoms with van der Waals surface area (Å²) < 4.78 is 10.6. The normalized spacial score (nSPS) is 19.9. The lowest BCUT2D eigenvalue weighted by Crippen LogP contribution is -2.27. The zero-order chi connectivity index (χ0) is 16.4. The Bertz CT molecular complexity index is 684. The molecule has 1 saturated heterocycles. The largest absolute Gasteiger partial charge is 0.461 e. The van der Waals surface area contributed by atoms with Crippen molar-refractivity contribution in [2.45, 2.75) is 45.7 Å². The Kier molecular flexibility index (Phi) is 4.72. The molecular formula is C15H20N4O3S. The van der Waals surface area contributed by atoms with Gasteiger partial charge in [0, 0.05) is 12.3 Å². The molecule has 124 valence electrons. The van der Waals surface area contributed by atoms with Gasteiger partial charge in [-0.25, -0.2) is 9.78 Å². The second-order valence-electron chi connectivity index (χ2n) is 5.52. The molecule has 2 aromatic heterocycles. The van der Waals surface area contributed by atoms with Crippen molar-refractivity contribution in [3.05, 3.63) is 27.9 Å². The van der Waals surface area contributed by atoms with Crippen LogP contribution in [0.15, 0.2) is 9.80 Å². The van der Waals surface area contributed by atoms with E-state index in [4.69, 9.17) is 9.15 Å². The Morgan fingerprint density at radius 3 is 3.09 bits per heavy atom. The van der Waals surface area contributed by atoms with Crippen molar-refractivity contribution in [2.75, 3.05) is 13.2 Å². The van der Waals surface area contributed by atoms with Crippen LogP contribution in [0.3, 0.4) is 0 Å². The molecule has 3 heterocycles. The van der Waals surface area contributed by atoms with Crippen molar-refractivity contribution in [2.24, 2.45) is 0 Å². The molecule has 2 aromatic rings. The Labute approximate surface area is 138 Å². The molecule has 7 nitrogen and oxygen atoms in total. The van der Waals surface area contributed by atoms with Gasteiger partial charge in [-0.1, -0.05) is 0 Å². The first-order valence-electron chi connectivity index (χ1n) is 7.78. The molecule has 0 aliphatic carbocycles. The van der Waals surface area contributed by atoms with Gasteiger partial charge in [-0.3, -0.25) is 4.90 Å². The van der Waals surface area contributed by atoms with Crippen LogP contribution >= 0.6 is 11.3 Å². The number of likely N-dealkylation sites (tertiary alicyclic amines) is 1. The number of hydrogen-bond acceptors (Lipinski definition) is 8. The highest BCUT2D eigenvalue weighted by molar-refractivity contribution is 7.09. The minimum atomic E-state index is -0.361. The fourth-order valence-corrected chi connectivity index (χ4v) is 3.82. The number of esters is 1. The van der Waals surface area contributed by atoms with Crippen molar-refractivity contribution in [1.29, 1.82) is 0 Å². The Morgan fingerprint density at radius 1 is 1.57 bits per heavy atom. The van der Waals surface area contributed by atoms with Gasteiger partial charge in [0.1, 0.15) is 5.01 Å². The predicted octanol–water partition coefficient (Wildman–Crippen LogP) is 2.91. The molecule has 0 unspecified atom stereocenters. The van der Waals surface area contributed by atoms with E-state index in [2.05, 4.69) is 27.0 Å². The molecule has 0 N–H and O–H groups in total. The zero-order valence-electron chi connectivity index (χ0n) is 13.5. The minimum Gasteiger partial charge on any atom is -0.461 e. The number of ether oxygens (including phenoxy) is 1. The monoisotopic (exact) mass is 336 g/mol. The van der Waals surface area contributed by atoms with Gasteiger partial charge in [-0.05, 0) is 33.2 Å². The van der Waals surface area contributed by atoms with Crippen molar-refractivity contribution in [3.63, 3.8) is 0 Å². The maximum atomic E-state index is 11.8. The van der Waals surface area contributed by atoms with E-state index in [9.17, 15) is 4.79 Å². The standard InChI is InChI=1S/C15H20N4O3S/c1-4-21-15(20)11-8-23-14(16-11)12-6-5-7-19(12)9(2)13-18-17-10(3)22-13/h8-9,12H,4-7H2,1-3H3/t9-,12+/m0/s1. The van der Waals surface area contributed by atoms with E-state index < -0.39 is 0 Å². The van der Waals surface area contributed by atoms with E-state index in [1.165, 1.54) is 11.3 Å². The van der Waals surface area contributed by atoms with Crippen molar-refractivity contribution in [3.8, 4) is 0 Å². The Balaban J connectivity index is 1.77. The van der Waals surface area contributed by atoms with Crippen LogP contribution in [0.1, 0.15) is 66.1 Å². The van der Waals surface area contributed by atoms with Gasteiger partial charge in [0.25, 0.3) is 0 Å². The molecule has 0 spiro atoms. The molecule has 1 fully saturated rings. The average Bonchev–Trinajstić information content (AvgIpc) is 3.26. The number of aromatic nitrogens is 3. The summed E-state index contributed by atoms with van der Waals surface area (Å²) in [5.74, 6) is 0.832. The summed E-state index contributed by atoms with van der Waals surface area (Å²) in [5.41, 5.74) is 0.389. The van der Waals surface area contributed by atoms with Crippen LogP contribution in [0, 0.1) is 6.92 Å². The third-order valence-corrected chi connectivity index (χ3v) is 4.93. The summed E-state index contributed by atoms with van der Waals surface area (Å²) >= 11 is 1.50. The van der Waals surface area contributed by atoms with E-state index in [0.29, 0.717) is 24.1 Å². The molecule has 0 aromatic carbocycles. The van der Waals surface area contributed by atoms with Gasteiger partial charge in [-0.2, -0.15) is 0 Å². The lowest BCUT2D eigenvalue weighted by atomic mass is 10.2. The van der Waals surface area contributed by atoms with Gasteiger partial charge in [0.05, 0.1) is 18.7 Å². The second kappa shape index (κ2) is 6.76. The molecule has 0 radical (unpaired) electrons. The third-order valence-electron chi connectivity index (χ3n) is 3.98. The molecule has 3 rings (SSSR count). The molecule has 1 aliphatic rings. The van der Waals surface area contributed by atoms with Crippen LogP contribution in [-0.2, 0) is 4.74 Å². The first-order chi connectivity index (χ1) is 11.1. The highest BCUT2D eigenvalue weighted by Crippen LogP contribution is 2.39. The zero-order valence-corrected chi connectivity index (χ0v) is 14.3. The molecule has 8 heteroatoms. The molecule has 2 atom stereocenters. The van der Waals surface area contributed by atoms with E-state index in [1.807, 2.05) is 0 Å². The van der Waals surface area contributed by atoms with Crippen LogP contribution < -0.4 is 0 Å². The van der Waals surface area contributed by atoms with Gasteiger partial charge >= 0.3 is 5.97 Å². The lowest BCUT2D eigenvalue weighted by molar-refractivity contribution is 0.0519. The summed E-state index contributed by atoms with van der Waals surface area (Å²) in [5, 5.41) is 10.7. The average molecular weight is 336 g/mol. The summed E-state index contributed by atoms with van der Waals surface area (Å²) in [4.78, 5) is 18.6. The summed E-state index contributed by atoms with van der Waals surface area (Å²) in [6.07, 6.45) is 2.09. The number of thiazole rings is 1. The smallest absolute Gasteiger partial charge is 0.357 e. The van der Waals surface area contributed by atoms with E-state index in [0.717, 1.165) is 24.4 Å². The maximum absolute atomic E-state index is 11.8. The number of carbonyl (C=O) groups is 1. The maximum Gasteiger partial charge on any atom is 0.357 e. The molecule has 1 aliphatic heterocycles. The van der Waals surface area contributed by atoms with Gasteiger partial charge in [0.2, 0.25) is 11.8 Å². The van der Waals surface area contributed by atoms with Gasteiger partial charge in [0.15, 0.2) is 5.69 Å². The number of rotatable bonds is 5. The van der Waals surface area contributed by atoms with Crippen molar-refractivity contribution >= 4 is 17.3 Å². The number of aryl methyl sites for hydroxylation is 1. The Morgan fingerprint density at radius 2 is 2.39 bits per heavy atom. The van der Waals surface area contributed by atoms with Gasteiger partial charge < -0.3 is 9.15 Å². The molecular weight excluding hydrogens is 316 g/mol. The van der Waals surface area contributed by atoms with E-state index in [1.54, 1.807) is 19.2 Å². The van der Waals surface area contributed by atoms with Crippen LogP contribution in [-0.4, -0.2) is 39.2 Å². The Hall–Kier alpha value is -1.80. The molecule has 23 heavy (non-hydrogen) atoms. The molecule has 0 bridgehead atoms. The third kappa shape index (κ3) is 3.28. The SMILES string of the molecule is CCOC(=O)c1csc([C@H]2CCCN2[C@@H](C)c2nnc(C)o2)n1. The quantitative estimate of drug-likeness (QED) is 0.776. The topological polar surface area (TPSA) is 81.4 Å². The predicted molar refractivity (Wildman–Crippen MR) is 84.2 cm³/mol. The van der Waals surface area contributed by atoms with Crippen molar-refractivity contribution in [1.82, 2.24) is 20.1 Å². The fraction of sp³-hybridized carbons (Fsp3) is 0.600. The van der Waals surface area contributed by atoms with Crippen LogP contribution in [0.4, 0.5) is 0 Å². The summed E-state index contributed by atoms with van der Waals surface area (Å²) in [6.45, 7) is 6.94. The first-order valence-corrected chi connectivity index (χ1v) is 8.66. The fourth-order valence-electron chi connectivity index (χ4n) is 2.88. The molecule has 0 amide bonds. The minimum absolute atomic E-state index is 0.0265. The number of carbonyl (C=O) groups excluding carboxylic acids is 1. The van der Waals surface area contributed by atoms with Crippen LogP contribution in [0.2, 0.25) is 0 Å². The highest BCUT2D eigenvalue weighted by atomic mass is 32.1. The number of nitrogens with zero attached hydrogens (tertiary/aromatic N) is 4. The summed E-state index contributed by atoms with van der Waals surface area (Å²) in [6, 6.07) is 0.198. The van der Waals surface area contributed by atoms with E-state index in [-0.39, 0.29) is 18.1 Å².